The second-order valence-electron chi connectivity index (χ2n) is 15.7. The van der Waals surface area contributed by atoms with E-state index >= 15 is 0 Å². The highest BCUT2D eigenvalue weighted by Crippen LogP contribution is 2.51. The standard InChI is InChI=1S/C58H37NOS/c1-3-12-38(13-4-1)40-22-27-45(28-23-40)59(46-29-24-41(25-30-46)48-19-11-20-51-50-18-9-10-21-57(50)61-58(48)51)47-31-33-55-54(37-47)49-32-26-44(39-14-5-2-6-15-39)34-52(49)53-35-42-16-7-8-17-43(42)36-56(53)60-55/h1-37H. The van der Waals surface area contributed by atoms with Crippen molar-refractivity contribution in [3.63, 3.8) is 0 Å². The molecule has 61 heavy (non-hydrogen) atoms. The van der Waals surface area contributed by atoms with E-state index in [4.69, 9.17) is 4.74 Å². The number of ether oxygens (including phenoxy) is 1. The van der Waals surface area contributed by atoms with E-state index in [1.54, 1.807) is 0 Å². The summed E-state index contributed by atoms with van der Waals surface area (Å²) in [6.07, 6.45) is 0. The molecule has 0 amide bonds. The minimum Gasteiger partial charge on any atom is -0.456 e. The van der Waals surface area contributed by atoms with Crippen molar-refractivity contribution in [3.05, 3.63) is 224 Å². The monoisotopic (exact) mass is 795 g/mol. The maximum absolute atomic E-state index is 6.95. The van der Waals surface area contributed by atoms with Gasteiger partial charge < -0.3 is 9.64 Å². The minimum atomic E-state index is 0.831. The largest absolute Gasteiger partial charge is 0.456 e. The first-order chi connectivity index (χ1) is 30.2. The lowest BCUT2D eigenvalue weighted by Gasteiger charge is -2.27. The fourth-order valence-corrected chi connectivity index (χ4v) is 10.3. The lowest BCUT2D eigenvalue weighted by atomic mass is 9.90. The van der Waals surface area contributed by atoms with Gasteiger partial charge in [-0.1, -0.05) is 158 Å². The van der Waals surface area contributed by atoms with Gasteiger partial charge in [-0.3, -0.25) is 0 Å². The normalized spacial score (nSPS) is 11.7. The summed E-state index contributed by atoms with van der Waals surface area (Å²) < 4.78 is 9.58. The molecular weight excluding hydrogens is 759 g/mol. The van der Waals surface area contributed by atoms with Gasteiger partial charge in [-0.2, -0.15) is 0 Å². The van der Waals surface area contributed by atoms with Gasteiger partial charge in [-0.05, 0) is 122 Å². The Hall–Kier alpha value is -7.72. The van der Waals surface area contributed by atoms with Gasteiger partial charge in [0, 0.05) is 48.4 Å². The molecule has 0 saturated heterocycles. The lowest BCUT2D eigenvalue weighted by Crippen LogP contribution is -2.10. The van der Waals surface area contributed by atoms with Gasteiger partial charge in [0.2, 0.25) is 0 Å². The number of benzene rings is 10. The molecule has 1 aliphatic rings. The molecule has 0 unspecified atom stereocenters. The quantitative estimate of drug-likeness (QED) is 0.166. The molecule has 10 aromatic carbocycles. The summed E-state index contributed by atoms with van der Waals surface area (Å²) >= 11 is 1.87. The Kier molecular flexibility index (Phi) is 8.39. The number of fused-ring (bicyclic) bond motifs is 9. The Bertz CT molecular complexity index is 3420. The van der Waals surface area contributed by atoms with Crippen molar-refractivity contribution in [2.24, 2.45) is 0 Å². The molecule has 286 valence electrons. The summed E-state index contributed by atoms with van der Waals surface area (Å²) in [7, 11) is 0. The van der Waals surface area contributed by atoms with Crippen LogP contribution >= 0.6 is 11.3 Å². The van der Waals surface area contributed by atoms with E-state index in [0.717, 1.165) is 56.2 Å². The fourth-order valence-electron chi connectivity index (χ4n) is 9.05. The maximum Gasteiger partial charge on any atom is 0.135 e. The van der Waals surface area contributed by atoms with Crippen molar-refractivity contribution in [2.75, 3.05) is 4.90 Å². The highest BCUT2D eigenvalue weighted by Gasteiger charge is 2.24. The van der Waals surface area contributed by atoms with Crippen molar-refractivity contribution in [1.29, 1.82) is 0 Å². The molecular formula is C58H37NOS. The molecule has 3 heteroatoms. The van der Waals surface area contributed by atoms with Crippen molar-refractivity contribution in [3.8, 4) is 67.1 Å². The lowest BCUT2D eigenvalue weighted by molar-refractivity contribution is 0.488. The first kappa shape index (κ1) is 35.2. The molecule has 0 fully saturated rings. The van der Waals surface area contributed by atoms with Crippen LogP contribution in [0.25, 0.3) is 86.6 Å². The molecule has 0 aliphatic carbocycles. The Labute approximate surface area is 358 Å². The van der Waals surface area contributed by atoms with Crippen molar-refractivity contribution in [2.45, 2.75) is 0 Å². The zero-order chi connectivity index (χ0) is 40.3. The van der Waals surface area contributed by atoms with Crippen LogP contribution in [-0.4, -0.2) is 0 Å². The number of anilines is 3. The van der Waals surface area contributed by atoms with E-state index < -0.39 is 0 Å². The van der Waals surface area contributed by atoms with Crippen LogP contribution in [0, 0.1) is 0 Å². The van der Waals surface area contributed by atoms with Crippen LogP contribution in [-0.2, 0) is 0 Å². The van der Waals surface area contributed by atoms with Crippen molar-refractivity contribution >= 4 is 59.3 Å². The highest BCUT2D eigenvalue weighted by molar-refractivity contribution is 7.26. The topological polar surface area (TPSA) is 12.5 Å². The number of hydrogen-bond acceptors (Lipinski definition) is 3. The minimum absolute atomic E-state index is 0.831. The van der Waals surface area contributed by atoms with Crippen LogP contribution in [0.5, 0.6) is 11.5 Å². The third-order valence-electron chi connectivity index (χ3n) is 12.1. The first-order valence-electron chi connectivity index (χ1n) is 20.7. The van der Waals surface area contributed by atoms with E-state index in [9.17, 15) is 0 Å². The summed E-state index contributed by atoms with van der Waals surface area (Å²) in [4.78, 5) is 2.36. The molecule has 1 aromatic heterocycles. The molecule has 0 saturated carbocycles. The van der Waals surface area contributed by atoms with Crippen LogP contribution < -0.4 is 9.64 Å². The Balaban J connectivity index is 1.02. The van der Waals surface area contributed by atoms with Crippen LogP contribution in [0.2, 0.25) is 0 Å². The summed E-state index contributed by atoms with van der Waals surface area (Å²) in [6.45, 7) is 0. The van der Waals surface area contributed by atoms with E-state index in [-0.39, 0.29) is 0 Å². The molecule has 0 bridgehead atoms. The summed E-state index contributed by atoms with van der Waals surface area (Å²) in [6, 6.07) is 81.1. The number of thiophene rings is 1. The van der Waals surface area contributed by atoms with Gasteiger partial charge >= 0.3 is 0 Å². The molecule has 12 rings (SSSR count). The second kappa shape index (κ2) is 14.5. The molecule has 2 nitrogen and oxygen atoms in total. The van der Waals surface area contributed by atoms with E-state index in [2.05, 4.69) is 229 Å². The molecule has 1 aliphatic heterocycles. The average molecular weight is 796 g/mol. The molecule has 11 aromatic rings. The second-order valence-corrected chi connectivity index (χ2v) is 16.7. The number of hydrogen-bond donors (Lipinski definition) is 0. The van der Waals surface area contributed by atoms with Gasteiger partial charge in [-0.15, -0.1) is 11.3 Å². The SMILES string of the molecule is c1ccc(-c2ccc(N(c3ccc(-c4cccc5c4sc4ccccc45)cc3)c3ccc4c(c3)-c3ccc(-c5ccccc5)cc3-c3cc5ccccc5cc3O4)cc2)cc1. The average Bonchev–Trinajstić information content (AvgIpc) is 3.66. The Morgan fingerprint density at radius 3 is 1.64 bits per heavy atom. The third kappa shape index (κ3) is 6.18. The van der Waals surface area contributed by atoms with Gasteiger partial charge in [0.05, 0.1) is 0 Å². The summed E-state index contributed by atoms with van der Waals surface area (Å²) in [5.74, 6) is 1.69. The van der Waals surface area contributed by atoms with Crippen LogP contribution in [0.3, 0.4) is 0 Å². The van der Waals surface area contributed by atoms with Crippen LogP contribution in [0.4, 0.5) is 17.1 Å². The van der Waals surface area contributed by atoms with Crippen molar-refractivity contribution < 1.29 is 4.74 Å². The highest BCUT2D eigenvalue weighted by atomic mass is 32.1. The molecule has 0 radical (unpaired) electrons. The van der Waals surface area contributed by atoms with Crippen LogP contribution in [0.1, 0.15) is 0 Å². The Morgan fingerprint density at radius 1 is 0.311 bits per heavy atom. The Morgan fingerprint density at radius 2 is 0.885 bits per heavy atom. The van der Waals surface area contributed by atoms with E-state index in [1.807, 2.05) is 11.3 Å². The predicted molar refractivity (Wildman–Crippen MR) is 259 cm³/mol. The first-order valence-corrected chi connectivity index (χ1v) is 21.5. The van der Waals surface area contributed by atoms with Gasteiger partial charge in [-0.25, -0.2) is 0 Å². The van der Waals surface area contributed by atoms with E-state index in [0.29, 0.717) is 0 Å². The third-order valence-corrected chi connectivity index (χ3v) is 13.3. The number of rotatable bonds is 6. The zero-order valence-electron chi connectivity index (χ0n) is 33.1. The molecule has 0 atom stereocenters. The number of nitrogens with zero attached hydrogens (tertiary/aromatic N) is 1. The van der Waals surface area contributed by atoms with Gasteiger partial charge in [0.25, 0.3) is 0 Å². The maximum atomic E-state index is 6.95. The predicted octanol–water partition coefficient (Wildman–Crippen LogP) is 17.1. The fraction of sp³-hybridized carbons (Fsp3) is 0. The zero-order valence-corrected chi connectivity index (χ0v) is 33.9. The smallest absolute Gasteiger partial charge is 0.135 e. The molecule has 2 heterocycles. The van der Waals surface area contributed by atoms with E-state index in [1.165, 1.54) is 58.9 Å². The summed E-state index contributed by atoms with van der Waals surface area (Å²) in [5, 5.41) is 4.96. The molecule has 0 spiro atoms. The summed E-state index contributed by atoms with van der Waals surface area (Å²) in [5.41, 5.74) is 14.8. The van der Waals surface area contributed by atoms with Gasteiger partial charge in [0.1, 0.15) is 11.5 Å². The van der Waals surface area contributed by atoms with Crippen molar-refractivity contribution in [1.82, 2.24) is 0 Å². The van der Waals surface area contributed by atoms with Gasteiger partial charge in [0.15, 0.2) is 0 Å². The molecule has 0 N–H and O–H groups in total. The van der Waals surface area contributed by atoms with Crippen LogP contribution in [0.15, 0.2) is 224 Å².